The zero-order valence-corrected chi connectivity index (χ0v) is 12.2. The second-order valence-corrected chi connectivity index (χ2v) is 6.66. The molecule has 2 nitrogen and oxygen atoms in total. The molecule has 0 spiro atoms. The van der Waals surface area contributed by atoms with Crippen molar-refractivity contribution < 1.29 is 0 Å². The van der Waals surface area contributed by atoms with E-state index in [1.165, 1.54) is 9.75 Å². The first-order valence-electron chi connectivity index (χ1n) is 5.73. The van der Waals surface area contributed by atoms with Crippen molar-refractivity contribution in [2.75, 3.05) is 0 Å². The highest BCUT2D eigenvalue weighted by Crippen LogP contribution is 2.35. The van der Waals surface area contributed by atoms with Crippen LogP contribution in [0.15, 0.2) is 45.8 Å². The molecule has 0 fully saturated rings. The maximum atomic E-state index is 4.80. The van der Waals surface area contributed by atoms with Gasteiger partial charge in [0.25, 0.3) is 0 Å². The van der Waals surface area contributed by atoms with E-state index in [1.54, 1.807) is 34.0 Å². The van der Waals surface area contributed by atoms with Crippen LogP contribution in [0.2, 0.25) is 0 Å². The van der Waals surface area contributed by atoms with Crippen molar-refractivity contribution in [3.63, 3.8) is 0 Å². The summed E-state index contributed by atoms with van der Waals surface area (Å²) in [6.45, 7) is 0. The van der Waals surface area contributed by atoms with E-state index in [1.807, 2.05) is 0 Å². The highest BCUT2D eigenvalue weighted by molar-refractivity contribution is 7.14. The van der Waals surface area contributed by atoms with E-state index in [2.05, 4.69) is 45.8 Å². The van der Waals surface area contributed by atoms with Crippen LogP contribution in [-0.2, 0) is 0 Å². The van der Waals surface area contributed by atoms with Crippen molar-refractivity contribution >= 4 is 45.0 Å². The summed E-state index contributed by atoms with van der Waals surface area (Å²) >= 11 is 5.05. The largest absolute Gasteiger partial charge is 0.242 e. The molecule has 0 radical (unpaired) electrons. The molecule has 0 unspecified atom stereocenters. The minimum absolute atomic E-state index is 0.980. The molecule has 0 N–H and O–H groups in total. The Kier molecular flexibility index (Phi) is 2.69. The summed E-state index contributed by atoms with van der Waals surface area (Å²) in [5.74, 6) is 0. The van der Waals surface area contributed by atoms with Gasteiger partial charge in [-0.15, -0.1) is 34.0 Å². The van der Waals surface area contributed by atoms with Gasteiger partial charge in [-0.2, -0.15) is 0 Å². The van der Waals surface area contributed by atoms with E-state index >= 15 is 0 Å². The SMILES string of the molecule is c1csc(-c2nc3cscc3nc2-c2cccs2)c1. The van der Waals surface area contributed by atoms with Gasteiger partial charge in [-0.1, -0.05) is 12.1 Å². The molecule has 5 heteroatoms. The van der Waals surface area contributed by atoms with E-state index in [9.17, 15) is 0 Å². The monoisotopic (exact) mass is 300 g/mol. The molecule has 0 amide bonds. The Labute approximate surface area is 122 Å². The molecule has 4 aromatic rings. The molecule has 19 heavy (non-hydrogen) atoms. The fourth-order valence-electron chi connectivity index (χ4n) is 1.97. The van der Waals surface area contributed by atoms with E-state index in [4.69, 9.17) is 9.97 Å². The Morgan fingerprint density at radius 1 is 0.737 bits per heavy atom. The predicted molar refractivity (Wildman–Crippen MR) is 84.0 cm³/mol. The summed E-state index contributed by atoms with van der Waals surface area (Å²) in [7, 11) is 0. The number of fused-ring (bicyclic) bond motifs is 1. The lowest BCUT2D eigenvalue weighted by atomic mass is 10.2. The zero-order valence-electron chi connectivity index (χ0n) is 9.74. The molecule has 0 bridgehead atoms. The molecule has 4 aromatic heterocycles. The van der Waals surface area contributed by atoms with Crippen LogP contribution < -0.4 is 0 Å². The highest BCUT2D eigenvalue weighted by atomic mass is 32.1. The summed E-state index contributed by atoms with van der Waals surface area (Å²) in [6.07, 6.45) is 0. The van der Waals surface area contributed by atoms with E-state index in [0.717, 1.165) is 22.4 Å². The maximum absolute atomic E-state index is 4.80. The van der Waals surface area contributed by atoms with Gasteiger partial charge in [0.2, 0.25) is 0 Å². The van der Waals surface area contributed by atoms with Crippen LogP contribution >= 0.6 is 34.0 Å². The van der Waals surface area contributed by atoms with Gasteiger partial charge in [0.1, 0.15) is 22.4 Å². The molecule has 4 rings (SSSR count). The molecule has 0 aliphatic carbocycles. The van der Waals surface area contributed by atoms with E-state index < -0.39 is 0 Å². The Balaban J connectivity index is 2.06. The van der Waals surface area contributed by atoms with Crippen molar-refractivity contribution in [1.82, 2.24) is 9.97 Å². The number of hydrogen-bond acceptors (Lipinski definition) is 5. The van der Waals surface area contributed by atoms with Crippen LogP contribution in [0.25, 0.3) is 32.2 Å². The molecule has 0 aliphatic heterocycles. The topological polar surface area (TPSA) is 25.8 Å². The van der Waals surface area contributed by atoms with Gasteiger partial charge in [-0.05, 0) is 22.9 Å². The smallest absolute Gasteiger partial charge is 0.108 e. The normalized spacial score (nSPS) is 11.2. The van der Waals surface area contributed by atoms with Gasteiger partial charge in [0, 0.05) is 10.8 Å². The number of hydrogen-bond donors (Lipinski definition) is 0. The van der Waals surface area contributed by atoms with Gasteiger partial charge < -0.3 is 0 Å². The first-order valence-corrected chi connectivity index (χ1v) is 8.44. The number of aromatic nitrogens is 2. The first kappa shape index (κ1) is 11.3. The quantitative estimate of drug-likeness (QED) is 0.512. The van der Waals surface area contributed by atoms with Crippen LogP contribution in [0.1, 0.15) is 0 Å². The van der Waals surface area contributed by atoms with Gasteiger partial charge in [0.15, 0.2) is 0 Å². The Morgan fingerprint density at radius 2 is 1.26 bits per heavy atom. The third-order valence-electron chi connectivity index (χ3n) is 2.82. The zero-order chi connectivity index (χ0) is 12.7. The molecule has 0 aliphatic rings. The lowest BCUT2D eigenvalue weighted by molar-refractivity contribution is 1.33. The Morgan fingerprint density at radius 3 is 1.68 bits per heavy atom. The average molecular weight is 300 g/mol. The summed E-state index contributed by atoms with van der Waals surface area (Å²) in [5, 5.41) is 8.26. The minimum atomic E-state index is 0.980. The number of rotatable bonds is 2. The molecule has 0 saturated heterocycles. The van der Waals surface area contributed by atoms with Gasteiger partial charge in [0.05, 0.1) is 9.75 Å². The lowest BCUT2D eigenvalue weighted by Gasteiger charge is -2.05. The summed E-state index contributed by atoms with van der Waals surface area (Å²) in [6, 6.07) is 8.31. The Hall–Kier alpha value is -1.56. The molecular formula is C14H8N2S3. The van der Waals surface area contributed by atoms with Crippen LogP contribution in [0, 0.1) is 0 Å². The van der Waals surface area contributed by atoms with Crippen LogP contribution in [0.4, 0.5) is 0 Å². The maximum Gasteiger partial charge on any atom is 0.108 e. The van der Waals surface area contributed by atoms with Crippen molar-refractivity contribution in [3.05, 3.63) is 45.8 Å². The number of thiophene rings is 3. The molecular weight excluding hydrogens is 292 g/mol. The fourth-order valence-corrected chi connectivity index (χ4v) is 4.07. The summed E-state index contributed by atoms with van der Waals surface area (Å²) in [4.78, 5) is 11.9. The standard InChI is InChI=1S/C14H8N2S3/c1-3-11(18-5-1)13-14(12-4-2-6-19-12)16-10-8-17-7-9(10)15-13/h1-8H. The second kappa shape index (κ2) is 4.52. The van der Waals surface area contributed by atoms with E-state index in [0.29, 0.717) is 0 Å². The molecule has 92 valence electrons. The molecule has 4 heterocycles. The van der Waals surface area contributed by atoms with Gasteiger partial charge in [-0.3, -0.25) is 0 Å². The average Bonchev–Trinajstić information content (AvgIpc) is 3.18. The van der Waals surface area contributed by atoms with Crippen LogP contribution in [0.3, 0.4) is 0 Å². The van der Waals surface area contributed by atoms with E-state index in [-0.39, 0.29) is 0 Å². The van der Waals surface area contributed by atoms with Crippen LogP contribution in [0.5, 0.6) is 0 Å². The molecule has 0 saturated carbocycles. The van der Waals surface area contributed by atoms with Crippen molar-refractivity contribution in [2.45, 2.75) is 0 Å². The predicted octanol–water partition coefficient (Wildman–Crippen LogP) is 5.15. The van der Waals surface area contributed by atoms with Crippen molar-refractivity contribution in [1.29, 1.82) is 0 Å². The van der Waals surface area contributed by atoms with Crippen LogP contribution in [-0.4, -0.2) is 9.97 Å². The molecule has 0 aromatic carbocycles. The Bertz CT molecular complexity index is 746. The second-order valence-electron chi connectivity index (χ2n) is 4.02. The van der Waals surface area contributed by atoms with Gasteiger partial charge in [-0.25, -0.2) is 9.97 Å². The van der Waals surface area contributed by atoms with Gasteiger partial charge >= 0.3 is 0 Å². The summed E-state index contributed by atoms with van der Waals surface area (Å²) < 4.78 is 0. The first-order chi connectivity index (χ1) is 9.42. The minimum Gasteiger partial charge on any atom is -0.242 e. The summed E-state index contributed by atoms with van der Waals surface area (Å²) in [5.41, 5.74) is 3.94. The van der Waals surface area contributed by atoms with Crippen molar-refractivity contribution in [2.24, 2.45) is 0 Å². The number of nitrogens with zero attached hydrogens (tertiary/aromatic N) is 2. The lowest BCUT2D eigenvalue weighted by Crippen LogP contribution is -1.90. The highest BCUT2D eigenvalue weighted by Gasteiger charge is 2.14. The molecule has 0 atom stereocenters. The van der Waals surface area contributed by atoms with Crippen molar-refractivity contribution in [3.8, 4) is 21.1 Å². The third-order valence-corrected chi connectivity index (χ3v) is 5.29. The fraction of sp³-hybridized carbons (Fsp3) is 0. The third kappa shape index (κ3) is 1.90.